The summed E-state index contributed by atoms with van der Waals surface area (Å²) >= 11 is 0. The minimum atomic E-state index is -0.524. The van der Waals surface area contributed by atoms with Crippen LogP contribution in [0.2, 0.25) is 0 Å². The first-order valence-corrected chi connectivity index (χ1v) is 5.84. The molecule has 0 saturated carbocycles. The summed E-state index contributed by atoms with van der Waals surface area (Å²) in [5.41, 5.74) is 0.0897. The van der Waals surface area contributed by atoms with E-state index in [0.717, 1.165) is 0 Å². The molecule has 1 aromatic carbocycles. The van der Waals surface area contributed by atoms with Crippen LogP contribution in [0.4, 0.5) is 11.4 Å². The van der Waals surface area contributed by atoms with Gasteiger partial charge < -0.3 is 15.4 Å². The Hall–Kier alpha value is -2.31. The van der Waals surface area contributed by atoms with E-state index in [-0.39, 0.29) is 35.7 Å². The van der Waals surface area contributed by atoms with E-state index in [0.29, 0.717) is 0 Å². The number of benzene rings is 1. The third kappa shape index (κ3) is 4.13. The summed E-state index contributed by atoms with van der Waals surface area (Å²) in [4.78, 5) is 21.8. The molecule has 104 valence electrons. The van der Waals surface area contributed by atoms with E-state index in [2.05, 4.69) is 10.6 Å². The zero-order chi connectivity index (χ0) is 14.4. The Morgan fingerprint density at radius 2 is 2.16 bits per heavy atom. The van der Waals surface area contributed by atoms with Crippen LogP contribution in [0.25, 0.3) is 0 Å². The van der Waals surface area contributed by atoms with Gasteiger partial charge in [-0.05, 0) is 26.0 Å². The molecule has 2 N–H and O–H groups in total. The zero-order valence-electron chi connectivity index (χ0n) is 11.1. The van der Waals surface area contributed by atoms with Crippen LogP contribution in [-0.2, 0) is 4.79 Å². The molecule has 0 heterocycles. The van der Waals surface area contributed by atoms with Crippen LogP contribution in [0.1, 0.15) is 13.8 Å². The van der Waals surface area contributed by atoms with Gasteiger partial charge in [-0.1, -0.05) is 6.07 Å². The minimum absolute atomic E-state index is 0.0392. The number of nitro benzene ring substituents is 1. The van der Waals surface area contributed by atoms with Crippen molar-refractivity contribution in [3.8, 4) is 5.75 Å². The molecule has 7 heteroatoms. The van der Waals surface area contributed by atoms with E-state index in [1.54, 1.807) is 19.9 Å². The van der Waals surface area contributed by atoms with Crippen molar-refractivity contribution in [2.24, 2.45) is 0 Å². The highest BCUT2D eigenvalue weighted by Crippen LogP contribution is 2.35. The highest BCUT2D eigenvalue weighted by atomic mass is 16.6. The number of carbonyl (C=O) groups excluding carboxylic acids is 1. The van der Waals surface area contributed by atoms with Gasteiger partial charge in [0.2, 0.25) is 5.91 Å². The predicted octanol–water partition coefficient (Wildman–Crippen LogP) is 1.54. The number of carbonyl (C=O) groups is 1. The third-order valence-electron chi connectivity index (χ3n) is 2.26. The SMILES string of the molecule is CNC(=O)CNc1cccc(OC(C)C)c1[N+](=O)[O-]. The summed E-state index contributed by atoms with van der Waals surface area (Å²) in [7, 11) is 1.50. The number of hydrogen-bond donors (Lipinski definition) is 2. The number of nitro groups is 1. The lowest BCUT2D eigenvalue weighted by Gasteiger charge is -2.12. The maximum absolute atomic E-state index is 11.2. The van der Waals surface area contributed by atoms with Gasteiger partial charge >= 0.3 is 5.69 Å². The van der Waals surface area contributed by atoms with Crippen LogP contribution >= 0.6 is 0 Å². The third-order valence-corrected chi connectivity index (χ3v) is 2.26. The average molecular weight is 267 g/mol. The van der Waals surface area contributed by atoms with Crippen LogP contribution in [0, 0.1) is 10.1 Å². The maximum Gasteiger partial charge on any atom is 0.333 e. The first kappa shape index (κ1) is 14.7. The molecule has 0 radical (unpaired) electrons. The van der Waals surface area contributed by atoms with E-state index in [4.69, 9.17) is 4.74 Å². The molecule has 1 amide bonds. The molecule has 0 aliphatic rings. The normalized spacial score (nSPS) is 10.1. The number of para-hydroxylation sites is 1. The van der Waals surface area contributed by atoms with Gasteiger partial charge in [0, 0.05) is 7.05 Å². The summed E-state index contributed by atoms with van der Waals surface area (Å²) in [5.74, 6) is -0.0774. The van der Waals surface area contributed by atoms with Crippen molar-refractivity contribution in [1.29, 1.82) is 0 Å². The van der Waals surface area contributed by atoms with Crippen LogP contribution in [0.5, 0.6) is 5.75 Å². The second kappa shape index (κ2) is 6.58. The molecule has 0 aromatic heterocycles. The first-order valence-electron chi connectivity index (χ1n) is 5.84. The molecule has 1 rings (SSSR count). The monoisotopic (exact) mass is 267 g/mol. The highest BCUT2D eigenvalue weighted by Gasteiger charge is 2.21. The van der Waals surface area contributed by atoms with Crippen molar-refractivity contribution < 1.29 is 14.5 Å². The van der Waals surface area contributed by atoms with Crippen molar-refractivity contribution in [2.75, 3.05) is 18.9 Å². The van der Waals surface area contributed by atoms with E-state index in [9.17, 15) is 14.9 Å². The van der Waals surface area contributed by atoms with Crippen LogP contribution in [0.15, 0.2) is 18.2 Å². The van der Waals surface area contributed by atoms with Crippen molar-refractivity contribution in [2.45, 2.75) is 20.0 Å². The van der Waals surface area contributed by atoms with Crippen molar-refractivity contribution >= 4 is 17.3 Å². The lowest BCUT2D eigenvalue weighted by molar-refractivity contribution is -0.385. The quantitative estimate of drug-likeness (QED) is 0.602. The largest absolute Gasteiger partial charge is 0.484 e. The van der Waals surface area contributed by atoms with E-state index < -0.39 is 4.92 Å². The highest BCUT2D eigenvalue weighted by molar-refractivity contribution is 5.82. The predicted molar refractivity (Wildman–Crippen MR) is 71.4 cm³/mol. The summed E-state index contributed by atoms with van der Waals surface area (Å²) in [6, 6.07) is 4.70. The van der Waals surface area contributed by atoms with Gasteiger partial charge in [0.05, 0.1) is 17.6 Å². The second-order valence-electron chi connectivity index (χ2n) is 4.10. The second-order valence-corrected chi connectivity index (χ2v) is 4.10. The topological polar surface area (TPSA) is 93.5 Å². The summed E-state index contributed by atoms with van der Waals surface area (Å²) in [6.07, 6.45) is -0.173. The number of ether oxygens (including phenoxy) is 1. The Labute approximate surface area is 111 Å². The molecule has 0 atom stereocenters. The Balaban J connectivity index is 3.02. The Kier molecular flexibility index (Phi) is 5.11. The molecule has 0 unspecified atom stereocenters. The molecule has 7 nitrogen and oxygen atoms in total. The van der Waals surface area contributed by atoms with Gasteiger partial charge in [0.25, 0.3) is 0 Å². The lowest BCUT2D eigenvalue weighted by Crippen LogP contribution is -2.26. The van der Waals surface area contributed by atoms with Crippen LogP contribution in [-0.4, -0.2) is 30.5 Å². The molecule has 0 saturated heterocycles. The number of amides is 1. The van der Waals surface area contributed by atoms with Crippen LogP contribution in [0.3, 0.4) is 0 Å². The summed E-state index contributed by atoms with van der Waals surface area (Å²) in [5, 5.41) is 16.3. The number of nitrogens with one attached hydrogen (secondary N) is 2. The fourth-order valence-electron chi connectivity index (χ4n) is 1.47. The maximum atomic E-state index is 11.2. The first-order chi connectivity index (χ1) is 8.95. The molecular formula is C12H17N3O4. The number of rotatable bonds is 6. The minimum Gasteiger partial charge on any atom is -0.484 e. The molecule has 0 spiro atoms. The molecule has 0 aliphatic carbocycles. The molecule has 0 bridgehead atoms. The molecule has 0 fully saturated rings. The smallest absolute Gasteiger partial charge is 0.333 e. The van der Waals surface area contributed by atoms with Gasteiger partial charge in [0.15, 0.2) is 5.75 Å². The van der Waals surface area contributed by atoms with Gasteiger partial charge in [-0.15, -0.1) is 0 Å². The van der Waals surface area contributed by atoms with Crippen molar-refractivity contribution in [3.05, 3.63) is 28.3 Å². The molecule has 19 heavy (non-hydrogen) atoms. The van der Waals surface area contributed by atoms with Gasteiger partial charge in [-0.3, -0.25) is 14.9 Å². The zero-order valence-corrected chi connectivity index (χ0v) is 11.1. The molecule has 1 aromatic rings. The Bertz CT molecular complexity index is 474. The molecule has 0 aliphatic heterocycles. The number of hydrogen-bond acceptors (Lipinski definition) is 5. The van der Waals surface area contributed by atoms with E-state index >= 15 is 0 Å². The fourth-order valence-corrected chi connectivity index (χ4v) is 1.47. The van der Waals surface area contributed by atoms with Gasteiger partial charge in [0.1, 0.15) is 5.69 Å². The summed E-state index contributed by atoms with van der Waals surface area (Å²) in [6.45, 7) is 3.53. The number of likely N-dealkylation sites (N-methyl/N-ethyl adjacent to an activating group) is 1. The summed E-state index contributed by atoms with van der Waals surface area (Å²) < 4.78 is 5.40. The lowest BCUT2D eigenvalue weighted by atomic mass is 10.2. The Morgan fingerprint density at radius 3 is 2.68 bits per heavy atom. The van der Waals surface area contributed by atoms with Gasteiger partial charge in [-0.25, -0.2) is 0 Å². The van der Waals surface area contributed by atoms with Gasteiger partial charge in [-0.2, -0.15) is 0 Å². The fraction of sp³-hybridized carbons (Fsp3) is 0.417. The average Bonchev–Trinajstić information content (AvgIpc) is 2.34. The number of anilines is 1. The van der Waals surface area contributed by atoms with E-state index in [1.165, 1.54) is 19.2 Å². The number of nitrogens with zero attached hydrogens (tertiary/aromatic N) is 1. The van der Waals surface area contributed by atoms with Crippen LogP contribution < -0.4 is 15.4 Å². The molecular weight excluding hydrogens is 250 g/mol. The van der Waals surface area contributed by atoms with E-state index in [1.807, 2.05) is 0 Å². The standard InChI is InChI=1S/C12H17N3O4/c1-8(2)19-10-6-4-5-9(12(10)15(17)18)14-7-11(16)13-3/h4-6,8,14H,7H2,1-3H3,(H,13,16). The Morgan fingerprint density at radius 1 is 1.47 bits per heavy atom. The van der Waals surface area contributed by atoms with Crippen molar-refractivity contribution in [1.82, 2.24) is 5.32 Å². The van der Waals surface area contributed by atoms with Crippen molar-refractivity contribution in [3.63, 3.8) is 0 Å².